The Labute approximate surface area is 294 Å². The summed E-state index contributed by atoms with van der Waals surface area (Å²) in [4.78, 5) is 16.5. The van der Waals surface area contributed by atoms with Crippen LogP contribution >= 0.6 is 0 Å². The number of aromatic nitrogens is 1. The zero-order valence-electron chi connectivity index (χ0n) is 29.1. The van der Waals surface area contributed by atoms with Gasteiger partial charge in [-0.25, -0.2) is 0 Å². The summed E-state index contributed by atoms with van der Waals surface area (Å²) in [5.41, 5.74) is 6.68. The van der Waals surface area contributed by atoms with Crippen LogP contribution in [0.15, 0.2) is 77.0 Å². The monoisotopic (exact) mass is 809 g/mol. The minimum atomic E-state index is 0. The topological polar surface area (TPSA) is 63.3 Å². The van der Waals surface area contributed by atoms with Crippen molar-refractivity contribution in [1.82, 2.24) is 4.98 Å². The third kappa shape index (κ3) is 8.07. The number of furan rings is 1. The molecule has 0 bridgehead atoms. The van der Waals surface area contributed by atoms with Gasteiger partial charge in [0.25, 0.3) is 0 Å². The van der Waals surface area contributed by atoms with Crippen LogP contribution in [0.4, 0.5) is 0 Å². The van der Waals surface area contributed by atoms with Crippen LogP contribution in [0.3, 0.4) is 0 Å². The van der Waals surface area contributed by atoms with Gasteiger partial charge in [-0.15, -0.1) is 17.7 Å². The van der Waals surface area contributed by atoms with E-state index in [1.807, 2.05) is 46.0 Å². The van der Waals surface area contributed by atoms with Crippen molar-refractivity contribution in [2.24, 2.45) is 17.3 Å². The summed E-state index contributed by atoms with van der Waals surface area (Å²) in [6, 6.07) is 23.0. The van der Waals surface area contributed by atoms with E-state index >= 15 is 0 Å². The van der Waals surface area contributed by atoms with E-state index in [0.717, 1.165) is 69.8 Å². The van der Waals surface area contributed by atoms with E-state index in [9.17, 15) is 9.90 Å². The summed E-state index contributed by atoms with van der Waals surface area (Å²) in [6.45, 7) is 14.9. The third-order valence-electron chi connectivity index (χ3n) is 10.1. The van der Waals surface area contributed by atoms with Crippen molar-refractivity contribution in [3.05, 3.63) is 89.8 Å². The number of carbonyl (C=O) groups excluding carboxylic acids is 1. The third-order valence-corrected chi connectivity index (χ3v) is 10.1. The van der Waals surface area contributed by atoms with E-state index in [1.165, 1.54) is 36.3 Å². The summed E-state index contributed by atoms with van der Waals surface area (Å²) in [6.07, 6.45) is 10.7. The molecule has 1 aliphatic rings. The fourth-order valence-corrected chi connectivity index (χ4v) is 7.22. The Kier molecular flexibility index (Phi) is 12.3. The first-order valence-corrected chi connectivity index (χ1v) is 17.3. The van der Waals surface area contributed by atoms with Gasteiger partial charge in [0.1, 0.15) is 5.58 Å². The van der Waals surface area contributed by atoms with Gasteiger partial charge in [-0.05, 0) is 90.4 Å². The number of pyridine rings is 1. The average molecular weight is 809 g/mol. The SMILES string of the molecule is CCC(CC)C(=O)/C=C(\O)C(CC)CC.Cc1[c-]c(-c2nccc3cc(C4CCC(C)(C)C4)ccc23)c2oc3ccccc3c2c1.[Ir]. The first-order chi connectivity index (χ1) is 22.1. The summed E-state index contributed by atoms with van der Waals surface area (Å²) in [5.74, 6) is 1.20. The Morgan fingerprint density at radius 1 is 0.979 bits per heavy atom. The van der Waals surface area contributed by atoms with Gasteiger partial charge in [0.15, 0.2) is 5.78 Å². The molecule has 3 aromatic carbocycles. The Morgan fingerprint density at radius 3 is 2.34 bits per heavy atom. The van der Waals surface area contributed by atoms with Gasteiger partial charge in [0.2, 0.25) is 0 Å². The van der Waals surface area contributed by atoms with E-state index in [1.54, 1.807) is 0 Å². The Hall–Kier alpha value is -3.27. The molecule has 5 aromatic rings. The van der Waals surface area contributed by atoms with Crippen LogP contribution in [0.25, 0.3) is 44.0 Å². The van der Waals surface area contributed by atoms with Crippen molar-refractivity contribution < 1.29 is 34.4 Å². The average Bonchev–Trinajstić information content (AvgIpc) is 3.61. The van der Waals surface area contributed by atoms with Crippen molar-refractivity contribution in [1.29, 1.82) is 0 Å². The number of carbonyl (C=O) groups is 1. The van der Waals surface area contributed by atoms with Gasteiger partial charge in [-0.3, -0.25) is 4.79 Å². The maximum absolute atomic E-state index is 11.7. The first kappa shape index (κ1) is 36.6. The molecule has 1 fully saturated rings. The van der Waals surface area contributed by atoms with Gasteiger partial charge in [-0.2, -0.15) is 0 Å². The smallest absolute Gasteiger partial charge is 0.162 e. The molecule has 0 aliphatic heterocycles. The van der Waals surface area contributed by atoms with Crippen molar-refractivity contribution >= 4 is 38.5 Å². The molecule has 0 spiro atoms. The summed E-state index contributed by atoms with van der Waals surface area (Å²) < 4.78 is 6.30. The molecule has 1 N–H and O–H groups in total. The number of aryl methyl sites for hydroxylation is 1. The van der Waals surface area contributed by atoms with E-state index in [-0.39, 0.29) is 43.5 Å². The van der Waals surface area contributed by atoms with E-state index in [2.05, 4.69) is 69.3 Å². The van der Waals surface area contributed by atoms with Crippen LogP contribution in [-0.4, -0.2) is 15.9 Å². The number of benzene rings is 3. The number of nitrogens with zero attached hydrogens (tertiary/aromatic N) is 1. The predicted octanol–water partition coefficient (Wildman–Crippen LogP) is 12.1. The number of rotatable bonds is 9. The van der Waals surface area contributed by atoms with Crippen molar-refractivity contribution in [2.75, 3.05) is 0 Å². The number of aliphatic hydroxyl groups is 1. The van der Waals surface area contributed by atoms with E-state index < -0.39 is 0 Å². The van der Waals surface area contributed by atoms with Gasteiger partial charge < -0.3 is 14.5 Å². The number of para-hydroxylation sites is 1. The zero-order valence-corrected chi connectivity index (χ0v) is 31.5. The maximum atomic E-state index is 11.7. The molecule has 6 rings (SSSR count). The molecule has 1 unspecified atom stereocenters. The van der Waals surface area contributed by atoms with Crippen LogP contribution in [0, 0.1) is 30.2 Å². The Bertz CT molecular complexity index is 1860. The van der Waals surface area contributed by atoms with E-state index in [4.69, 9.17) is 9.40 Å². The van der Waals surface area contributed by atoms with Crippen molar-refractivity contribution in [2.45, 2.75) is 99.3 Å². The molecule has 251 valence electrons. The number of fused-ring (bicyclic) bond motifs is 4. The van der Waals surface area contributed by atoms with Crippen LogP contribution in [0.1, 0.15) is 104 Å². The standard InChI is InChI=1S/C29H26NO.C13H24O2.Ir/c1-18-14-24-23-6-4-5-7-26(23)31-28(24)25(15-18)27-22-9-8-19(16-20(22)11-13-30-27)21-10-12-29(2,3)17-21;1-5-10(6-2)12(14)9-13(15)11(7-3)8-4;/h4-9,11,13-14,16,21H,10,12,17H2,1-3H3;9-11,14H,5-8H2,1-4H3;/q-1;;/b;12-9-;. The minimum absolute atomic E-state index is 0. The van der Waals surface area contributed by atoms with Gasteiger partial charge >= 0.3 is 0 Å². The minimum Gasteiger partial charge on any atom is -0.512 e. The molecule has 2 heterocycles. The van der Waals surface area contributed by atoms with Gasteiger partial charge in [0.05, 0.1) is 11.3 Å². The van der Waals surface area contributed by atoms with Crippen LogP contribution in [0.2, 0.25) is 0 Å². The fraction of sp³-hybridized carbons (Fsp3) is 0.429. The summed E-state index contributed by atoms with van der Waals surface area (Å²) in [7, 11) is 0. The molecule has 1 radical (unpaired) electrons. The Balaban J connectivity index is 0.000000269. The fourth-order valence-electron chi connectivity index (χ4n) is 7.22. The largest absolute Gasteiger partial charge is 0.512 e. The summed E-state index contributed by atoms with van der Waals surface area (Å²) in [5, 5.41) is 14.4. The second-order valence-electron chi connectivity index (χ2n) is 13.9. The molecular formula is C42H50IrNO3-. The number of hydrogen-bond acceptors (Lipinski definition) is 4. The molecule has 1 aliphatic carbocycles. The molecule has 5 heteroatoms. The van der Waals surface area contributed by atoms with Gasteiger partial charge in [-0.1, -0.05) is 95.8 Å². The molecular weight excluding hydrogens is 759 g/mol. The Morgan fingerprint density at radius 2 is 1.68 bits per heavy atom. The molecule has 2 aromatic heterocycles. The van der Waals surface area contributed by atoms with Crippen LogP contribution in [-0.2, 0) is 24.9 Å². The molecule has 4 nitrogen and oxygen atoms in total. The molecule has 47 heavy (non-hydrogen) atoms. The second kappa shape index (κ2) is 15.8. The normalized spacial score (nSPS) is 16.1. The molecule has 1 atom stereocenters. The molecule has 0 saturated heterocycles. The van der Waals surface area contributed by atoms with Crippen LogP contribution < -0.4 is 0 Å². The number of allylic oxidation sites excluding steroid dienone is 2. The zero-order chi connectivity index (χ0) is 33.0. The second-order valence-corrected chi connectivity index (χ2v) is 13.9. The van der Waals surface area contributed by atoms with Crippen LogP contribution in [0.5, 0.6) is 0 Å². The van der Waals surface area contributed by atoms with Crippen molar-refractivity contribution in [3.63, 3.8) is 0 Å². The predicted molar refractivity (Wildman–Crippen MR) is 192 cm³/mol. The quantitative estimate of drug-likeness (QED) is 0.0915. The maximum Gasteiger partial charge on any atom is 0.162 e. The number of hydrogen-bond donors (Lipinski definition) is 1. The number of ketones is 1. The van der Waals surface area contributed by atoms with Crippen molar-refractivity contribution in [3.8, 4) is 11.3 Å². The van der Waals surface area contributed by atoms with Gasteiger partial charge in [0, 0.05) is 49.6 Å². The molecule has 0 amide bonds. The first-order valence-electron chi connectivity index (χ1n) is 17.3. The van der Waals surface area contributed by atoms with E-state index in [0.29, 0.717) is 11.3 Å². The summed E-state index contributed by atoms with van der Waals surface area (Å²) >= 11 is 0. The number of aliphatic hydroxyl groups excluding tert-OH is 1. The molecule has 1 saturated carbocycles.